The molecule has 0 saturated carbocycles. The van der Waals surface area contributed by atoms with E-state index in [0.717, 1.165) is 17.8 Å². The molecule has 0 radical (unpaired) electrons. The van der Waals surface area contributed by atoms with Gasteiger partial charge in [-0.05, 0) is 44.4 Å². The van der Waals surface area contributed by atoms with Crippen LogP contribution in [0.2, 0.25) is 10.0 Å². The topological polar surface area (TPSA) is 79.7 Å². The van der Waals surface area contributed by atoms with E-state index in [9.17, 15) is 14.7 Å². The SMILES string of the molecule is Cc1nc(C)c(C(=O)C2=C(O)C(=O)N(CC3CCCO3)C2c2ccc(Cl)cc2Cl)s1. The number of thiazole rings is 1. The highest BCUT2D eigenvalue weighted by Gasteiger charge is 2.46. The summed E-state index contributed by atoms with van der Waals surface area (Å²) in [6.45, 7) is 4.42. The molecule has 1 aromatic carbocycles. The van der Waals surface area contributed by atoms with Crippen LogP contribution in [0.1, 0.15) is 44.8 Å². The first-order valence-corrected chi connectivity index (χ1v) is 11.1. The molecule has 1 N–H and O–H groups in total. The average molecular weight is 467 g/mol. The van der Waals surface area contributed by atoms with Crippen LogP contribution in [-0.2, 0) is 9.53 Å². The molecule has 2 atom stereocenters. The minimum Gasteiger partial charge on any atom is -0.503 e. The Kier molecular flexibility index (Phi) is 5.90. The van der Waals surface area contributed by atoms with E-state index in [-0.39, 0.29) is 18.2 Å². The molecule has 1 amide bonds. The summed E-state index contributed by atoms with van der Waals surface area (Å²) in [6, 6.07) is 4.06. The lowest BCUT2D eigenvalue weighted by molar-refractivity contribution is -0.131. The predicted molar refractivity (Wildman–Crippen MR) is 115 cm³/mol. The van der Waals surface area contributed by atoms with Crippen molar-refractivity contribution in [3.05, 3.63) is 60.7 Å². The third-order valence-corrected chi connectivity index (χ3v) is 6.97. The summed E-state index contributed by atoms with van der Waals surface area (Å²) in [5.74, 6) is -1.59. The lowest BCUT2D eigenvalue weighted by atomic mass is 9.94. The molecule has 0 spiro atoms. The maximum atomic E-state index is 13.5. The summed E-state index contributed by atoms with van der Waals surface area (Å²) >= 11 is 13.7. The third kappa shape index (κ3) is 3.75. The summed E-state index contributed by atoms with van der Waals surface area (Å²) in [6.07, 6.45) is 1.56. The van der Waals surface area contributed by atoms with E-state index in [1.807, 2.05) is 0 Å². The number of hydrogen-bond acceptors (Lipinski definition) is 6. The van der Waals surface area contributed by atoms with Crippen LogP contribution in [0.15, 0.2) is 29.5 Å². The van der Waals surface area contributed by atoms with Gasteiger partial charge in [-0.15, -0.1) is 11.3 Å². The van der Waals surface area contributed by atoms with Gasteiger partial charge in [-0.2, -0.15) is 0 Å². The van der Waals surface area contributed by atoms with Gasteiger partial charge in [-0.3, -0.25) is 9.59 Å². The molecular formula is C21H20Cl2N2O4S. The summed E-state index contributed by atoms with van der Waals surface area (Å²) in [5, 5.41) is 12.2. The van der Waals surface area contributed by atoms with Crippen molar-refractivity contribution in [1.82, 2.24) is 9.88 Å². The molecule has 0 aliphatic carbocycles. The van der Waals surface area contributed by atoms with Crippen molar-refractivity contribution in [2.45, 2.75) is 38.8 Å². The Labute approximate surface area is 188 Å². The number of benzene rings is 1. The number of amides is 1. The number of aromatic nitrogens is 1. The number of ketones is 1. The Hall–Kier alpha value is -1.93. The standard InChI is InChI=1S/C21H20Cl2N2O4S/c1-10-20(30-11(2)24-10)18(26)16-17(14-6-5-12(22)8-15(14)23)25(21(28)19(16)27)9-13-4-3-7-29-13/h5-6,8,13,17,27H,3-4,7,9H2,1-2H3. The molecule has 30 heavy (non-hydrogen) atoms. The van der Waals surface area contributed by atoms with Crippen molar-refractivity contribution in [1.29, 1.82) is 0 Å². The highest BCUT2D eigenvalue weighted by atomic mass is 35.5. The second kappa shape index (κ2) is 8.30. The molecule has 4 rings (SSSR count). The van der Waals surface area contributed by atoms with Crippen molar-refractivity contribution < 1.29 is 19.4 Å². The highest BCUT2D eigenvalue weighted by Crippen LogP contribution is 2.43. The van der Waals surface area contributed by atoms with E-state index in [4.69, 9.17) is 27.9 Å². The zero-order valence-corrected chi connectivity index (χ0v) is 18.8. The zero-order chi connectivity index (χ0) is 21.6. The van der Waals surface area contributed by atoms with Gasteiger partial charge in [0.2, 0.25) is 5.78 Å². The van der Waals surface area contributed by atoms with E-state index in [0.29, 0.717) is 32.8 Å². The van der Waals surface area contributed by atoms with Gasteiger partial charge in [-0.25, -0.2) is 4.98 Å². The highest BCUT2D eigenvalue weighted by molar-refractivity contribution is 7.14. The fourth-order valence-electron chi connectivity index (χ4n) is 3.99. The molecule has 6 nitrogen and oxygen atoms in total. The van der Waals surface area contributed by atoms with E-state index in [1.165, 1.54) is 16.2 Å². The van der Waals surface area contributed by atoms with Crippen LogP contribution in [0.5, 0.6) is 0 Å². The summed E-state index contributed by atoms with van der Waals surface area (Å²) in [4.78, 5) is 32.7. The second-order valence-electron chi connectivity index (χ2n) is 7.40. The van der Waals surface area contributed by atoms with Gasteiger partial charge < -0.3 is 14.7 Å². The van der Waals surface area contributed by atoms with Crippen LogP contribution in [-0.4, -0.2) is 45.9 Å². The molecule has 3 heterocycles. The molecule has 1 saturated heterocycles. The molecule has 0 bridgehead atoms. The zero-order valence-electron chi connectivity index (χ0n) is 16.4. The van der Waals surface area contributed by atoms with Gasteiger partial charge in [-0.1, -0.05) is 29.3 Å². The number of Topliss-reactive ketones (excluding diaryl/α,β-unsaturated/α-hetero) is 1. The third-order valence-electron chi connectivity index (χ3n) is 5.34. The fourth-order valence-corrected chi connectivity index (χ4v) is 5.38. The van der Waals surface area contributed by atoms with Crippen LogP contribution < -0.4 is 0 Å². The molecule has 2 aliphatic rings. The first-order valence-electron chi connectivity index (χ1n) is 9.57. The number of rotatable bonds is 5. The first kappa shape index (κ1) is 21.3. The van der Waals surface area contributed by atoms with Crippen molar-refractivity contribution in [2.24, 2.45) is 0 Å². The summed E-state index contributed by atoms with van der Waals surface area (Å²) < 4.78 is 5.69. The van der Waals surface area contributed by atoms with Crippen molar-refractivity contribution in [3.63, 3.8) is 0 Å². The predicted octanol–water partition coefficient (Wildman–Crippen LogP) is 4.82. The molecule has 2 unspecified atom stereocenters. The normalized spacial score (nSPS) is 21.7. The number of aryl methyl sites for hydroxylation is 2. The molecule has 2 aliphatic heterocycles. The molecule has 1 fully saturated rings. The maximum Gasteiger partial charge on any atom is 0.290 e. The Morgan fingerprint density at radius 2 is 2.13 bits per heavy atom. The Balaban J connectivity index is 1.81. The van der Waals surface area contributed by atoms with Gasteiger partial charge in [0, 0.05) is 23.2 Å². The van der Waals surface area contributed by atoms with Gasteiger partial charge in [0.05, 0.1) is 33.3 Å². The second-order valence-corrected chi connectivity index (χ2v) is 9.45. The van der Waals surface area contributed by atoms with E-state index in [2.05, 4.69) is 4.98 Å². The number of carbonyl (C=O) groups excluding carboxylic acids is 2. The maximum absolute atomic E-state index is 13.5. The van der Waals surface area contributed by atoms with E-state index in [1.54, 1.807) is 32.0 Å². The van der Waals surface area contributed by atoms with Gasteiger partial charge in [0.15, 0.2) is 5.76 Å². The van der Waals surface area contributed by atoms with Crippen molar-refractivity contribution >= 4 is 46.2 Å². The number of ether oxygens (including phenoxy) is 1. The monoisotopic (exact) mass is 466 g/mol. The van der Waals surface area contributed by atoms with Gasteiger partial charge in [0.1, 0.15) is 0 Å². The van der Waals surface area contributed by atoms with Gasteiger partial charge >= 0.3 is 0 Å². The smallest absolute Gasteiger partial charge is 0.290 e. The van der Waals surface area contributed by atoms with Crippen molar-refractivity contribution in [3.8, 4) is 0 Å². The Morgan fingerprint density at radius 1 is 1.37 bits per heavy atom. The number of aliphatic hydroxyl groups excluding tert-OH is 1. The van der Waals surface area contributed by atoms with Crippen LogP contribution in [0.4, 0.5) is 0 Å². The van der Waals surface area contributed by atoms with Crippen molar-refractivity contribution in [2.75, 3.05) is 13.2 Å². The minimum atomic E-state index is -0.833. The molecule has 9 heteroatoms. The lowest BCUT2D eigenvalue weighted by Crippen LogP contribution is -2.37. The molecular weight excluding hydrogens is 447 g/mol. The van der Waals surface area contributed by atoms with E-state index < -0.39 is 23.5 Å². The Morgan fingerprint density at radius 3 is 2.73 bits per heavy atom. The number of halogens is 2. The number of nitrogens with zero attached hydrogens (tertiary/aromatic N) is 2. The fraction of sp³-hybridized carbons (Fsp3) is 0.381. The number of carbonyl (C=O) groups is 2. The molecule has 158 valence electrons. The molecule has 2 aromatic rings. The molecule has 1 aromatic heterocycles. The van der Waals surface area contributed by atoms with Gasteiger partial charge in [0.25, 0.3) is 5.91 Å². The quantitative estimate of drug-likeness (QED) is 0.638. The first-order chi connectivity index (χ1) is 14.3. The summed E-state index contributed by atoms with van der Waals surface area (Å²) in [7, 11) is 0. The lowest BCUT2D eigenvalue weighted by Gasteiger charge is -2.29. The average Bonchev–Trinajstić information content (AvgIpc) is 3.37. The summed E-state index contributed by atoms with van der Waals surface area (Å²) in [5.41, 5.74) is 1.10. The minimum absolute atomic E-state index is 0.00830. The van der Waals surface area contributed by atoms with Crippen LogP contribution >= 0.6 is 34.5 Å². The largest absolute Gasteiger partial charge is 0.503 e. The Bertz CT molecular complexity index is 1060. The van der Waals surface area contributed by atoms with E-state index >= 15 is 0 Å². The number of hydrogen-bond donors (Lipinski definition) is 1. The van der Waals surface area contributed by atoms with Crippen LogP contribution in [0, 0.1) is 13.8 Å². The van der Waals surface area contributed by atoms with Crippen LogP contribution in [0.25, 0.3) is 0 Å². The van der Waals surface area contributed by atoms with Crippen LogP contribution in [0.3, 0.4) is 0 Å². The number of aliphatic hydroxyl groups is 1.